The molecule has 15 heavy (non-hydrogen) atoms. The van der Waals surface area contributed by atoms with E-state index in [1.807, 2.05) is 0 Å². The van der Waals surface area contributed by atoms with Gasteiger partial charge >= 0.3 is 0 Å². The summed E-state index contributed by atoms with van der Waals surface area (Å²) in [5.74, 6) is 0. The largest absolute Gasteiger partial charge is 0.297 e. The third-order valence-corrected chi connectivity index (χ3v) is 3.50. The normalized spacial score (nSPS) is 11.7. The van der Waals surface area contributed by atoms with Gasteiger partial charge in [0.25, 0.3) is 0 Å². The molecule has 0 aliphatic rings. The molecule has 0 saturated carbocycles. The van der Waals surface area contributed by atoms with Gasteiger partial charge < -0.3 is 0 Å². The van der Waals surface area contributed by atoms with Crippen LogP contribution in [0.15, 0.2) is 17.8 Å². The summed E-state index contributed by atoms with van der Waals surface area (Å²) in [5, 5.41) is 3.07. The summed E-state index contributed by atoms with van der Waals surface area (Å²) >= 11 is 5.15. The number of halogens is 1. The molecule has 0 aliphatic heterocycles. The lowest BCUT2D eigenvalue weighted by molar-refractivity contribution is 0.296. The molecule has 0 aliphatic carbocycles. The van der Waals surface area contributed by atoms with Gasteiger partial charge in [-0.25, -0.2) is 4.98 Å². The zero-order valence-electron chi connectivity index (χ0n) is 8.69. The Morgan fingerprint density at radius 2 is 2.47 bits per heavy atom. The summed E-state index contributed by atoms with van der Waals surface area (Å²) in [6.07, 6.45) is 4.17. The summed E-state index contributed by atoms with van der Waals surface area (Å²) in [6, 6.07) is 0. The number of aromatic nitrogens is 2. The lowest BCUT2D eigenvalue weighted by atomic mass is 10.4. The minimum absolute atomic E-state index is 0.941. The summed E-state index contributed by atoms with van der Waals surface area (Å²) in [7, 11) is 0. The highest BCUT2D eigenvalue weighted by atomic mass is 79.9. The number of rotatable bonds is 5. The Bertz CT molecular complexity index is 394. The molecule has 0 aromatic carbocycles. The first-order valence-electron chi connectivity index (χ1n) is 5.03. The first-order valence-corrected chi connectivity index (χ1v) is 7.03. The second kappa shape index (κ2) is 5.09. The van der Waals surface area contributed by atoms with Crippen LogP contribution in [0.4, 0.5) is 0 Å². The van der Waals surface area contributed by atoms with Crippen molar-refractivity contribution >= 4 is 32.2 Å². The third kappa shape index (κ3) is 2.59. The summed E-state index contributed by atoms with van der Waals surface area (Å²) < 4.78 is 2.09. The highest BCUT2D eigenvalue weighted by Crippen LogP contribution is 2.12. The maximum absolute atomic E-state index is 4.57. The van der Waals surface area contributed by atoms with Crippen molar-refractivity contribution in [2.75, 3.05) is 18.4 Å². The van der Waals surface area contributed by atoms with E-state index in [2.05, 4.69) is 54.9 Å². The SMILES string of the molecule is CCN(CCBr)Cc1cn2ccsc2n1. The van der Waals surface area contributed by atoms with Crippen molar-refractivity contribution in [3.05, 3.63) is 23.5 Å². The van der Waals surface area contributed by atoms with Crippen LogP contribution < -0.4 is 0 Å². The van der Waals surface area contributed by atoms with E-state index in [-0.39, 0.29) is 0 Å². The number of imidazole rings is 1. The number of thiazole rings is 1. The molecule has 2 rings (SSSR count). The molecule has 0 bridgehead atoms. The number of hydrogen-bond donors (Lipinski definition) is 0. The monoisotopic (exact) mass is 287 g/mol. The van der Waals surface area contributed by atoms with Crippen LogP contribution in [0.3, 0.4) is 0 Å². The molecule has 3 nitrogen and oxygen atoms in total. The maximum atomic E-state index is 4.57. The van der Waals surface area contributed by atoms with Gasteiger partial charge in [0.15, 0.2) is 4.96 Å². The predicted octanol–water partition coefficient (Wildman–Crippen LogP) is 2.61. The summed E-state index contributed by atoms with van der Waals surface area (Å²) in [5.41, 5.74) is 1.16. The summed E-state index contributed by atoms with van der Waals surface area (Å²) in [6.45, 7) is 5.26. The van der Waals surface area contributed by atoms with E-state index in [9.17, 15) is 0 Å². The molecule has 2 aromatic rings. The first-order chi connectivity index (χ1) is 7.33. The number of alkyl halides is 1. The molecule has 0 spiro atoms. The van der Waals surface area contributed by atoms with Crippen molar-refractivity contribution in [1.29, 1.82) is 0 Å². The summed E-state index contributed by atoms with van der Waals surface area (Å²) in [4.78, 5) is 8.03. The Morgan fingerprint density at radius 1 is 1.60 bits per heavy atom. The molecule has 0 fully saturated rings. The van der Waals surface area contributed by atoms with Crippen LogP contribution in [0.2, 0.25) is 0 Å². The van der Waals surface area contributed by atoms with Gasteiger partial charge in [-0.3, -0.25) is 9.30 Å². The molecule has 5 heteroatoms. The van der Waals surface area contributed by atoms with Crippen LogP contribution in [-0.2, 0) is 6.54 Å². The minimum atomic E-state index is 0.941. The minimum Gasteiger partial charge on any atom is -0.297 e. The molecule has 82 valence electrons. The van der Waals surface area contributed by atoms with Crippen LogP contribution in [0.1, 0.15) is 12.6 Å². The molecular weight excluding hydrogens is 274 g/mol. The van der Waals surface area contributed by atoms with Crippen molar-refractivity contribution in [2.24, 2.45) is 0 Å². The number of nitrogens with zero attached hydrogens (tertiary/aromatic N) is 3. The van der Waals surface area contributed by atoms with Crippen molar-refractivity contribution in [1.82, 2.24) is 14.3 Å². The van der Waals surface area contributed by atoms with Gasteiger partial charge in [-0.15, -0.1) is 11.3 Å². The molecule has 0 saturated heterocycles. The van der Waals surface area contributed by atoms with Gasteiger partial charge in [-0.2, -0.15) is 0 Å². The van der Waals surface area contributed by atoms with Crippen molar-refractivity contribution in [3.8, 4) is 0 Å². The molecule has 0 atom stereocenters. The van der Waals surface area contributed by atoms with Crippen LogP contribution in [-0.4, -0.2) is 32.7 Å². The molecule has 0 amide bonds. The second-order valence-corrected chi connectivity index (χ2v) is 5.05. The van der Waals surface area contributed by atoms with Gasteiger partial charge in [0.2, 0.25) is 0 Å². The van der Waals surface area contributed by atoms with Crippen LogP contribution >= 0.6 is 27.3 Å². The lowest BCUT2D eigenvalue weighted by Gasteiger charge is -2.17. The van der Waals surface area contributed by atoms with E-state index in [0.29, 0.717) is 0 Å². The quantitative estimate of drug-likeness (QED) is 0.788. The van der Waals surface area contributed by atoms with Crippen molar-refractivity contribution in [2.45, 2.75) is 13.5 Å². The van der Waals surface area contributed by atoms with Crippen LogP contribution in [0.5, 0.6) is 0 Å². The standard InChI is InChI=1S/C10H14BrN3S/c1-2-13(4-3-11)7-9-8-14-5-6-15-10(14)12-9/h5-6,8H,2-4,7H2,1H3. The van der Waals surface area contributed by atoms with E-state index >= 15 is 0 Å². The molecule has 2 aromatic heterocycles. The Labute approximate surface area is 102 Å². The molecule has 2 heterocycles. The maximum Gasteiger partial charge on any atom is 0.193 e. The second-order valence-electron chi connectivity index (χ2n) is 3.38. The van der Waals surface area contributed by atoms with Crippen molar-refractivity contribution < 1.29 is 0 Å². The van der Waals surface area contributed by atoms with Crippen molar-refractivity contribution in [3.63, 3.8) is 0 Å². The van der Waals surface area contributed by atoms with Gasteiger partial charge in [0.05, 0.1) is 5.69 Å². The number of hydrogen-bond acceptors (Lipinski definition) is 3. The Kier molecular flexibility index (Phi) is 3.77. The van der Waals surface area contributed by atoms with Crippen LogP contribution in [0.25, 0.3) is 4.96 Å². The lowest BCUT2D eigenvalue weighted by Crippen LogP contribution is -2.24. The Balaban J connectivity index is 2.07. The predicted molar refractivity (Wildman–Crippen MR) is 67.8 cm³/mol. The fourth-order valence-corrected chi connectivity index (χ4v) is 2.77. The fraction of sp³-hybridized carbons (Fsp3) is 0.500. The average molecular weight is 288 g/mol. The third-order valence-electron chi connectivity index (χ3n) is 2.38. The Morgan fingerprint density at radius 3 is 3.13 bits per heavy atom. The van der Waals surface area contributed by atoms with Crippen LogP contribution in [0, 0.1) is 0 Å². The smallest absolute Gasteiger partial charge is 0.193 e. The van der Waals surface area contributed by atoms with Gasteiger partial charge in [0.1, 0.15) is 0 Å². The fourth-order valence-electron chi connectivity index (χ4n) is 1.55. The topological polar surface area (TPSA) is 20.5 Å². The van der Waals surface area contributed by atoms with E-state index in [4.69, 9.17) is 0 Å². The number of fused-ring (bicyclic) bond motifs is 1. The highest BCUT2D eigenvalue weighted by molar-refractivity contribution is 9.09. The van der Waals surface area contributed by atoms with E-state index in [0.717, 1.165) is 35.6 Å². The molecule has 0 unspecified atom stereocenters. The van der Waals surface area contributed by atoms with Gasteiger partial charge in [-0.05, 0) is 6.54 Å². The first kappa shape index (κ1) is 11.1. The van der Waals surface area contributed by atoms with Gasteiger partial charge in [-0.1, -0.05) is 22.9 Å². The van der Waals surface area contributed by atoms with Gasteiger partial charge in [0, 0.05) is 36.2 Å². The van der Waals surface area contributed by atoms with E-state index in [1.54, 1.807) is 11.3 Å². The van der Waals surface area contributed by atoms with E-state index < -0.39 is 0 Å². The Hall–Kier alpha value is -0.390. The average Bonchev–Trinajstić information content (AvgIpc) is 2.77. The zero-order valence-corrected chi connectivity index (χ0v) is 11.1. The molecular formula is C10H14BrN3S. The molecule has 0 radical (unpaired) electrons. The molecule has 0 N–H and O–H groups in total. The zero-order chi connectivity index (χ0) is 10.7. The van der Waals surface area contributed by atoms with E-state index in [1.165, 1.54) is 0 Å². The highest BCUT2D eigenvalue weighted by Gasteiger charge is 2.06.